The number of nitrogens with zero attached hydrogens (tertiary/aromatic N) is 2. The zero-order valence-corrected chi connectivity index (χ0v) is 33.8. The molecule has 2 saturated carbocycles. The predicted molar refractivity (Wildman–Crippen MR) is 218 cm³/mol. The van der Waals surface area contributed by atoms with E-state index in [9.17, 15) is 24.9 Å². The largest absolute Gasteiger partial charge is 0.459 e. The van der Waals surface area contributed by atoms with E-state index in [1.807, 2.05) is 54.3 Å². The molecule has 13 nitrogen and oxygen atoms in total. The fourth-order valence-electron chi connectivity index (χ4n) is 9.07. The summed E-state index contributed by atoms with van der Waals surface area (Å²) in [6.07, 6.45) is 9.73. The summed E-state index contributed by atoms with van der Waals surface area (Å²) in [7, 11) is 0. The highest BCUT2D eigenvalue weighted by Gasteiger charge is 2.66. The van der Waals surface area contributed by atoms with Gasteiger partial charge in [-0.15, -0.1) is 6.58 Å². The number of carbonyl (C=O) groups is 2. The van der Waals surface area contributed by atoms with Crippen LogP contribution in [0.25, 0.3) is 0 Å². The quantitative estimate of drug-likeness (QED) is 0.0606. The lowest BCUT2D eigenvalue weighted by Crippen LogP contribution is -2.70. The zero-order chi connectivity index (χ0) is 40.9. The monoisotopic (exact) mass is 803 g/mol. The molecule has 0 spiro atoms. The lowest BCUT2D eigenvalue weighted by atomic mass is 9.55. The topological polar surface area (TPSA) is 169 Å². The predicted octanol–water partition coefficient (Wildman–Crippen LogP) is 5.88. The van der Waals surface area contributed by atoms with Gasteiger partial charge in [0, 0.05) is 50.1 Å². The smallest absolute Gasteiger partial charge is 0.412 e. The van der Waals surface area contributed by atoms with Crippen molar-refractivity contribution in [3.05, 3.63) is 84.0 Å². The van der Waals surface area contributed by atoms with E-state index >= 15 is 0 Å². The third kappa shape index (κ3) is 10.1. The van der Waals surface area contributed by atoms with Crippen molar-refractivity contribution in [2.45, 2.75) is 89.1 Å². The molecule has 2 aromatic rings. The molecule has 2 aromatic carbocycles. The summed E-state index contributed by atoms with van der Waals surface area (Å²) >= 11 is 0. The Morgan fingerprint density at radius 2 is 1.79 bits per heavy atom. The SMILES string of the molecule is C=CCO[C@@]12Oc3ccc(OC(=O)NCC)cc3[C@H]3[C@H](CCCCO)[C@@H](CCCCO)C=C(C(=NOCc4ccccc4)C[C@@H]1N(CCOCCO)C(=O)C1CC1)[C@H]32. The number of rotatable bonds is 23. The first-order valence-corrected chi connectivity index (χ1v) is 21.1. The van der Waals surface area contributed by atoms with Gasteiger partial charge in [0.2, 0.25) is 11.7 Å². The van der Waals surface area contributed by atoms with Crippen LogP contribution in [0, 0.1) is 23.7 Å². The molecule has 0 unspecified atom stereocenters. The molecule has 6 atom stereocenters. The summed E-state index contributed by atoms with van der Waals surface area (Å²) in [5.41, 5.74) is 3.43. The van der Waals surface area contributed by atoms with Crippen molar-refractivity contribution in [2.24, 2.45) is 28.8 Å². The Bertz CT molecular complexity index is 1730. The molecule has 2 amide bonds. The van der Waals surface area contributed by atoms with Crippen LogP contribution in [0.4, 0.5) is 4.79 Å². The van der Waals surface area contributed by atoms with Gasteiger partial charge in [-0.25, -0.2) is 4.79 Å². The maximum Gasteiger partial charge on any atom is 0.412 e. The highest BCUT2D eigenvalue weighted by Crippen LogP contribution is 2.62. The molecule has 3 aliphatic carbocycles. The molecule has 0 aromatic heterocycles. The molecular weight excluding hydrogens is 743 g/mol. The van der Waals surface area contributed by atoms with E-state index in [0.717, 1.165) is 55.2 Å². The molecule has 1 heterocycles. The van der Waals surface area contributed by atoms with Gasteiger partial charge in [-0.1, -0.05) is 60.5 Å². The fraction of sp³-hybridized carbons (Fsp3) is 0.578. The number of benzene rings is 2. The Balaban J connectivity index is 1.56. The third-order valence-corrected chi connectivity index (χ3v) is 11.7. The maximum atomic E-state index is 14.5. The average Bonchev–Trinajstić information content (AvgIpc) is 4.08. The number of unbranched alkanes of at least 4 members (excludes halogenated alkanes) is 2. The van der Waals surface area contributed by atoms with Gasteiger partial charge in [-0.3, -0.25) is 4.79 Å². The molecule has 4 N–H and O–H groups in total. The zero-order valence-electron chi connectivity index (χ0n) is 33.8. The van der Waals surface area contributed by atoms with E-state index in [-0.39, 0.29) is 88.8 Å². The van der Waals surface area contributed by atoms with Crippen LogP contribution >= 0.6 is 0 Å². The number of amides is 2. The van der Waals surface area contributed by atoms with E-state index in [1.165, 1.54) is 0 Å². The van der Waals surface area contributed by atoms with E-state index in [4.69, 9.17) is 28.9 Å². The van der Waals surface area contributed by atoms with Crippen molar-refractivity contribution in [3.63, 3.8) is 0 Å². The fourth-order valence-corrected chi connectivity index (χ4v) is 9.07. The summed E-state index contributed by atoms with van der Waals surface area (Å²) in [5.74, 6) is -1.33. The van der Waals surface area contributed by atoms with Gasteiger partial charge in [0.05, 0.1) is 38.1 Å². The second kappa shape index (κ2) is 21.1. The van der Waals surface area contributed by atoms with Crippen molar-refractivity contribution in [1.29, 1.82) is 0 Å². The number of nitrogens with one attached hydrogen (secondary N) is 1. The lowest BCUT2D eigenvalue weighted by Gasteiger charge is -2.60. The van der Waals surface area contributed by atoms with Gasteiger partial charge in [-0.2, -0.15) is 0 Å². The van der Waals surface area contributed by atoms with Crippen LogP contribution < -0.4 is 14.8 Å². The number of fused-ring (bicyclic) bond motifs is 2. The molecule has 0 radical (unpaired) electrons. The second-order valence-corrected chi connectivity index (χ2v) is 15.6. The van der Waals surface area contributed by atoms with Crippen molar-refractivity contribution >= 4 is 17.7 Å². The number of allylic oxidation sites excluding steroid dienone is 1. The molecule has 1 aliphatic heterocycles. The van der Waals surface area contributed by atoms with E-state index in [2.05, 4.69) is 18.0 Å². The Hall–Kier alpha value is -4.27. The molecule has 316 valence electrons. The van der Waals surface area contributed by atoms with Gasteiger partial charge in [0.15, 0.2) is 0 Å². The van der Waals surface area contributed by atoms with Crippen LogP contribution in [0.1, 0.15) is 81.8 Å². The summed E-state index contributed by atoms with van der Waals surface area (Å²) < 4.78 is 25.8. The van der Waals surface area contributed by atoms with Gasteiger partial charge < -0.3 is 49.3 Å². The Morgan fingerprint density at radius 1 is 1.02 bits per heavy atom. The van der Waals surface area contributed by atoms with Crippen LogP contribution in [-0.4, -0.2) is 102 Å². The summed E-state index contributed by atoms with van der Waals surface area (Å²) in [6.45, 7) is 7.24. The minimum Gasteiger partial charge on any atom is -0.459 e. The van der Waals surface area contributed by atoms with Crippen molar-refractivity contribution < 1.29 is 48.7 Å². The maximum absolute atomic E-state index is 14.5. The first-order chi connectivity index (χ1) is 28.4. The molecule has 2 fully saturated rings. The van der Waals surface area contributed by atoms with Crippen LogP contribution in [0.15, 0.2) is 78.0 Å². The number of carbonyl (C=O) groups excluding carboxylic acids is 2. The van der Waals surface area contributed by atoms with Gasteiger partial charge >= 0.3 is 6.09 Å². The number of hydrogen-bond acceptors (Lipinski definition) is 11. The Kier molecular flexibility index (Phi) is 15.8. The minimum atomic E-state index is -1.41. The molecule has 4 aliphatic rings. The van der Waals surface area contributed by atoms with E-state index < -0.39 is 23.8 Å². The first kappa shape index (κ1) is 43.3. The summed E-state index contributed by atoms with van der Waals surface area (Å²) in [6, 6.07) is 14.6. The highest BCUT2D eigenvalue weighted by molar-refractivity contribution is 6.03. The number of hydrogen-bond donors (Lipinski definition) is 4. The number of oxime groups is 1. The average molecular weight is 804 g/mol. The number of ether oxygens (including phenoxy) is 4. The highest BCUT2D eigenvalue weighted by atomic mass is 16.7. The van der Waals surface area contributed by atoms with Crippen LogP contribution in [0.3, 0.4) is 0 Å². The van der Waals surface area contributed by atoms with Crippen LogP contribution in [0.2, 0.25) is 0 Å². The van der Waals surface area contributed by atoms with Gasteiger partial charge in [-0.05, 0) is 86.6 Å². The van der Waals surface area contributed by atoms with Gasteiger partial charge in [0.25, 0.3) is 0 Å². The van der Waals surface area contributed by atoms with E-state index in [0.29, 0.717) is 36.6 Å². The number of aliphatic hydroxyl groups excluding tert-OH is 3. The standard InChI is InChI=1S/C45H61N3O10/c1-3-24-55-45-40(48(20-25-54-26-23-51)43(52)32-16-17-32)29-38(47-56-30-31-12-6-5-7-13-31)36-27-33(14-8-10-21-49)35(15-9-11-22-50)41(42(36)45)37-28-34(18-19-39(37)58-45)57-44(53)46-4-2/h3,5-7,12-13,18-19,27-28,32-33,35,40-42,49-51H,1,4,8-11,14-17,20-26,29-30H2,2H3,(H,46,53)/t33-,35+,40-,41+,42+,45+/m0/s1. The molecule has 6 rings (SSSR count). The molecule has 58 heavy (non-hydrogen) atoms. The summed E-state index contributed by atoms with van der Waals surface area (Å²) in [4.78, 5) is 35.2. The minimum absolute atomic E-state index is 0.00928. The van der Waals surface area contributed by atoms with Crippen LogP contribution in [-0.2, 0) is 25.7 Å². The summed E-state index contributed by atoms with van der Waals surface area (Å²) in [5, 5.41) is 36.9. The molecule has 13 heteroatoms. The van der Waals surface area contributed by atoms with Crippen molar-refractivity contribution in [2.75, 3.05) is 52.7 Å². The molecular formula is C45H61N3O10. The molecule has 0 bridgehead atoms. The normalized spacial score (nSPS) is 25.1. The van der Waals surface area contributed by atoms with Crippen molar-refractivity contribution in [3.8, 4) is 11.5 Å². The van der Waals surface area contributed by atoms with Crippen LogP contribution in [0.5, 0.6) is 11.5 Å². The Labute approximate surface area is 342 Å². The molecule has 0 saturated heterocycles. The Morgan fingerprint density at radius 3 is 2.50 bits per heavy atom. The van der Waals surface area contributed by atoms with E-state index in [1.54, 1.807) is 12.1 Å². The second-order valence-electron chi connectivity index (χ2n) is 15.6. The van der Waals surface area contributed by atoms with Gasteiger partial charge in [0.1, 0.15) is 24.1 Å². The number of aliphatic hydroxyl groups is 3. The van der Waals surface area contributed by atoms with Crippen molar-refractivity contribution in [1.82, 2.24) is 10.2 Å². The third-order valence-electron chi connectivity index (χ3n) is 11.7. The first-order valence-electron chi connectivity index (χ1n) is 21.1. The lowest BCUT2D eigenvalue weighted by molar-refractivity contribution is -0.258.